The summed E-state index contributed by atoms with van der Waals surface area (Å²) in [5.74, 6) is 1.36. The summed E-state index contributed by atoms with van der Waals surface area (Å²) < 4.78 is 0. The third-order valence-corrected chi connectivity index (χ3v) is 2.78. The number of rotatable bonds is 2. The molecule has 0 aromatic carbocycles. The zero-order valence-electron chi connectivity index (χ0n) is 9.40. The van der Waals surface area contributed by atoms with Gasteiger partial charge >= 0.3 is 0 Å². The third kappa shape index (κ3) is 2.45. The minimum atomic E-state index is 0.556. The zero-order chi connectivity index (χ0) is 10.7. The van der Waals surface area contributed by atoms with Crippen molar-refractivity contribution in [3.8, 4) is 0 Å². The van der Waals surface area contributed by atoms with Gasteiger partial charge in [0.2, 0.25) is 5.95 Å². The fourth-order valence-corrected chi connectivity index (χ4v) is 1.91. The second-order valence-electron chi connectivity index (χ2n) is 4.22. The van der Waals surface area contributed by atoms with Crippen LogP contribution in [0.2, 0.25) is 0 Å². The van der Waals surface area contributed by atoms with Gasteiger partial charge in [0.1, 0.15) is 0 Å². The van der Waals surface area contributed by atoms with E-state index in [9.17, 15) is 0 Å². The quantitative estimate of drug-likeness (QED) is 0.784. The van der Waals surface area contributed by atoms with Crippen LogP contribution in [-0.2, 0) is 0 Å². The number of aromatic nitrogens is 2. The Balaban J connectivity index is 2.16. The monoisotopic (exact) mass is 206 g/mol. The largest absolute Gasteiger partial charge is 0.347 e. The van der Waals surface area contributed by atoms with E-state index in [0.29, 0.717) is 5.92 Å². The Labute approximate surface area is 90.7 Å². The Kier molecular flexibility index (Phi) is 3.16. The predicted octanol–water partition coefficient (Wildman–Crippen LogP) is 1.01. The summed E-state index contributed by atoms with van der Waals surface area (Å²) in [6, 6.07) is 2.03. The molecule has 2 rings (SSSR count). The van der Waals surface area contributed by atoms with Gasteiger partial charge in [0, 0.05) is 32.8 Å². The molecule has 0 unspecified atom stereocenters. The van der Waals surface area contributed by atoms with Gasteiger partial charge in [-0.2, -0.15) is 0 Å². The second kappa shape index (κ2) is 4.57. The highest BCUT2D eigenvalue weighted by Crippen LogP contribution is 2.21. The average Bonchev–Trinajstić information content (AvgIpc) is 2.30. The lowest BCUT2D eigenvalue weighted by molar-refractivity contribution is 0.454. The average molecular weight is 206 g/mol. The molecule has 1 saturated heterocycles. The number of hydrogen-bond acceptors (Lipinski definition) is 4. The van der Waals surface area contributed by atoms with E-state index in [1.807, 2.05) is 31.3 Å². The summed E-state index contributed by atoms with van der Waals surface area (Å²) in [6.07, 6.45) is 4.33. The fraction of sp³-hybridized carbons (Fsp3) is 0.636. The molecule has 1 fully saturated rings. The summed E-state index contributed by atoms with van der Waals surface area (Å²) in [5, 5.41) is 3.41. The van der Waals surface area contributed by atoms with E-state index in [2.05, 4.69) is 15.3 Å². The molecule has 1 N–H and O–H groups in total. The van der Waals surface area contributed by atoms with Crippen LogP contribution >= 0.6 is 0 Å². The van der Waals surface area contributed by atoms with Crippen LogP contribution in [0.15, 0.2) is 12.3 Å². The van der Waals surface area contributed by atoms with Gasteiger partial charge in [-0.15, -0.1) is 0 Å². The van der Waals surface area contributed by atoms with E-state index in [0.717, 1.165) is 19.0 Å². The van der Waals surface area contributed by atoms with Crippen molar-refractivity contribution in [3.05, 3.63) is 18.0 Å². The first-order valence-corrected chi connectivity index (χ1v) is 5.48. The van der Waals surface area contributed by atoms with Crippen molar-refractivity contribution >= 4 is 5.95 Å². The van der Waals surface area contributed by atoms with E-state index in [4.69, 9.17) is 0 Å². The zero-order valence-corrected chi connectivity index (χ0v) is 9.40. The standard InChI is InChI=1S/C11H18N4/c1-15(2)11-13-7-5-10(14-11)9-4-3-6-12-8-9/h5,7,9,12H,3-4,6,8H2,1-2H3/t9-/m0/s1. The lowest BCUT2D eigenvalue weighted by Crippen LogP contribution is -2.29. The minimum Gasteiger partial charge on any atom is -0.347 e. The molecule has 1 atom stereocenters. The van der Waals surface area contributed by atoms with E-state index >= 15 is 0 Å². The SMILES string of the molecule is CN(C)c1nccc([C@H]2CCCNC2)n1. The molecule has 0 radical (unpaired) electrons. The molecule has 0 aliphatic carbocycles. The van der Waals surface area contributed by atoms with E-state index < -0.39 is 0 Å². The number of piperidine rings is 1. The Hall–Kier alpha value is -1.16. The van der Waals surface area contributed by atoms with Gasteiger partial charge in [0.15, 0.2) is 0 Å². The van der Waals surface area contributed by atoms with Crippen LogP contribution in [0.1, 0.15) is 24.5 Å². The summed E-state index contributed by atoms with van der Waals surface area (Å²) >= 11 is 0. The molecule has 1 aliphatic heterocycles. The van der Waals surface area contributed by atoms with Crippen LogP contribution in [0.25, 0.3) is 0 Å². The smallest absolute Gasteiger partial charge is 0.224 e. The molecule has 0 saturated carbocycles. The highest BCUT2D eigenvalue weighted by Gasteiger charge is 2.16. The van der Waals surface area contributed by atoms with Crippen LogP contribution in [0.4, 0.5) is 5.95 Å². The number of nitrogens with one attached hydrogen (secondary N) is 1. The van der Waals surface area contributed by atoms with Gasteiger partial charge in [-0.1, -0.05) is 0 Å². The summed E-state index contributed by atoms with van der Waals surface area (Å²) in [5.41, 5.74) is 1.17. The Morgan fingerprint density at radius 1 is 1.47 bits per heavy atom. The molecule has 82 valence electrons. The summed E-state index contributed by atoms with van der Waals surface area (Å²) in [6.45, 7) is 2.19. The molecular formula is C11H18N4. The van der Waals surface area contributed by atoms with Crippen LogP contribution in [-0.4, -0.2) is 37.2 Å². The Morgan fingerprint density at radius 3 is 3.00 bits per heavy atom. The molecule has 1 aliphatic rings. The van der Waals surface area contributed by atoms with Crippen LogP contribution in [0.5, 0.6) is 0 Å². The van der Waals surface area contributed by atoms with Crippen molar-refractivity contribution in [1.29, 1.82) is 0 Å². The fourth-order valence-electron chi connectivity index (χ4n) is 1.91. The minimum absolute atomic E-state index is 0.556. The first-order valence-electron chi connectivity index (χ1n) is 5.48. The van der Waals surface area contributed by atoms with E-state index in [1.54, 1.807) is 0 Å². The summed E-state index contributed by atoms with van der Waals surface area (Å²) in [4.78, 5) is 10.7. The molecule has 4 heteroatoms. The Morgan fingerprint density at radius 2 is 2.33 bits per heavy atom. The van der Waals surface area contributed by atoms with Gasteiger partial charge in [0.05, 0.1) is 5.69 Å². The van der Waals surface area contributed by atoms with Crippen LogP contribution < -0.4 is 10.2 Å². The van der Waals surface area contributed by atoms with Gasteiger partial charge in [-0.3, -0.25) is 0 Å². The van der Waals surface area contributed by atoms with Crippen molar-refractivity contribution < 1.29 is 0 Å². The molecule has 2 heterocycles. The highest BCUT2D eigenvalue weighted by atomic mass is 15.2. The molecule has 1 aromatic rings. The van der Waals surface area contributed by atoms with E-state index in [-0.39, 0.29) is 0 Å². The van der Waals surface area contributed by atoms with Gasteiger partial charge in [-0.25, -0.2) is 9.97 Å². The van der Waals surface area contributed by atoms with Gasteiger partial charge in [0.25, 0.3) is 0 Å². The predicted molar refractivity (Wildman–Crippen MR) is 61.2 cm³/mol. The molecule has 1 aromatic heterocycles. The second-order valence-corrected chi connectivity index (χ2v) is 4.22. The number of nitrogens with zero attached hydrogens (tertiary/aromatic N) is 3. The van der Waals surface area contributed by atoms with Crippen molar-refractivity contribution in [2.45, 2.75) is 18.8 Å². The molecule has 0 bridgehead atoms. The normalized spacial score (nSPS) is 21.3. The van der Waals surface area contributed by atoms with Crippen molar-refractivity contribution in [2.24, 2.45) is 0 Å². The number of hydrogen-bond donors (Lipinski definition) is 1. The molecule has 4 nitrogen and oxygen atoms in total. The Bertz CT molecular complexity index is 318. The lowest BCUT2D eigenvalue weighted by atomic mass is 9.96. The van der Waals surface area contributed by atoms with Gasteiger partial charge < -0.3 is 10.2 Å². The maximum Gasteiger partial charge on any atom is 0.224 e. The van der Waals surface area contributed by atoms with Crippen molar-refractivity contribution in [3.63, 3.8) is 0 Å². The first-order chi connectivity index (χ1) is 7.27. The maximum atomic E-state index is 4.57. The molecule has 0 spiro atoms. The third-order valence-electron chi connectivity index (χ3n) is 2.78. The highest BCUT2D eigenvalue weighted by molar-refractivity contribution is 5.28. The van der Waals surface area contributed by atoms with E-state index in [1.165, 1.54) is 18.5 Å². The van der Waals surface area contributed by atoms with Crippen molar-refractivity contribution in [1.82, 2.24) is 15.3 Å². The first kappa shape index (κ1) is 10.4. The maximum absolute atomic E-state index is 4.57. The topological polar surface area (TPSA) is 41.1 Å². The summed E-state index contributed by atoms with van der Waals surface area (Å²) in [7, 11) is 3.94. The van der Waals surface area contributed by atoms with Crippen molar-refractivity contribution in [2.75, 3.05) is 32.1 Å². The molecule has 0 amide bonds. The molecule has 15 heavy (non-hydrogen) atoms. The van der Waals surface area contributed by atoms with Crippen LogP contribution in [0.3, 0.4) is 0 Å². The van der Waals surface area contributed by atoms with Crippen LogP contribution in [0, 0.1) is 0 Å². The lowest BCUT2D eigenvalue weighted by Gasteiger charge is -2.22. The molecular weight excluding hydrogens is 188 g/mol. The van der Waals surface area contributed by atoms with Gasteiger partial charge in [-0.05, 0) is 25.5 Å². The number of anilines is 1.